The van der Waals surface area contributed by atoms with Crippen molar-refractivity contribution < 1.29 is 8.42 Å². The molecule has 1 aromatic rings. The van der Waals surface area contributed by atoms with E-state index in [-0.39, 0.29) is 6.04 Å². The fraction of sp³-hybridized carbons (Fsp3) is 0.600. The van der Waals surface area contributed by atoms with Gasteiger partial charge in [-0.15, -0.1) is 0 Å². The van der Waals surface area contributed by atoms with Crippen LogP contribution in [0.2, 0.25) is 0 Å². The number of nitrogens with zero attached hydrogens (tertiary/aromatic N) is 2. The van der Waals surface area contributed by atoms with Gasteiger partial charge in [0.1, 0.15) is 5.25 Å². The summed E-state index contributed by atoms with van der Waals surface area (Å²) in [6.45, 7) is 3.16. The second-order valence-corrected chi connectivity index (χ2v) is 6.16. The van der Waals surface area contributed by atoms with Crippen LogP contribution in [0, 0.1) is 0 Å². The molecule has 1 fully saturated rings. The SMILES string of the molecule is CC(c1cnccn1)S(=O)(=O)N[C@@H]1CCNC1. The zero-order chi connectivity index (χ0) is 12.3. The molecule has 1 aliphatic rings. The second-order valence-electron chi connectivity index (χ2n) is 4.13. The van der Waals surface area contributed by atoms with Crippen molar-refractivity contribution in [2.45, 2.75) is 24.6 Å². The summed E-state index contributed by atoms with van der Waals surface area (Å²) in [5, 5.41) is 2.44. The third-order valence-corrected chi connectivity index (χ3v) is 4.69. The van der Waals surface area contributed by atoms with Gasteiger partial charge in [0.2, 0.25) is 10.0 Å². The molecule has 0 aromatic carbocycles. The van der Waals surface area contributed by atoms with Crippen LogP contribution >= 0.6 is 0 Å². The minimum absolute atomic E-state index is 0.0147. The maximum absolute atomic E-state index is 12.1. The van der Waals surface area contributed by atoms with Gasteiger partial charge in [-0.1, -0.05) is 0 Å². The molecule has 94 valence electrons. The van der Waals surface area contributed by atoms with Crippen LogP contribution < -0.4 is 10.0 Å². The van der Waals surface area contributed by atoms with Gasteiger partial charge in [0.05, 0.1) is 5.69 Å². The maximum atomic E-state index is 12.1. The first-order valence-electron chi connectivity index (χ1n) is 5.57. The Morgan fingerprint density at radius 1 is 1.53 bits per heavy atom. The highest BCUT2D eigenvalue weighted by molar-refractivity contribution is 7.89. The number of sulfonamides is 1. The van der Waals surface area contributed by atoms with E-state index in [9.17, 15) is 8.42 Å². The minimum Gasteiger partial charge on any atom is -0.315 e. The molecule has 6 nitrogen and oxygen atoms in total. The second kappa shape index (κ2) is 5.07. The minimum atomic E-state index is -3.39. The number of hydrogen-bond acceptors (Lipinski definition) is 5. The Labute approximate surface area is 101 Å². The van der Waals surface area contributed by atoms with Gasteiger partial charge in [-0.3, -0.25) is 9.97 Å². The smallest absolute Gasteiger partial charge is 0.220 e. The lowest BCUT2D eigenvalue weighted by Crippen LogP contribution is -2.38. The standard InChI is InChI=1S/C10H16N4O2S/c1-8(10-7-12-4-5-13-10)17(15,16)14-9-2-3-11-6-9/h4-5,7-9,11,14H,2-3,6H2,1H3/t8?,9-/m1/s1. The molecule has 0 bridgehead atoms. The lowest BCUT2D eigenvalue weighted by molar-refractivity contribution is 0.549. The average Bonchev–Trinajstić information content (AvgIpc) is 2.81. The molecule has 17 heavy (non-hydrogen) atoms. The van der Waals surface area contributed by atoms with Crippen molar-refractivity contribution in [3.63, 3.8) is 0 Å². The van der Waals surface area contributed by atoms with Crippen molar-refractivity contribution in [1.82, 2.24) is 20.0 Å². The third kappa shape index (κ3) is 2.99. The van der Waals surface area contributed by atoms with Crippen molar-refractivity contribution in [1.29, 1.82) is 0 Å². The molecule has 0 aliphatic carbocycles. The zero-order valence-electron chi connectivity index (χ0n) is 9.63. The van der Waals surface area contributed by atoms with E-state index < -0.39 is 15.3 Å². The summed E-state index contributed by atoms with van der Waals surface area (Å²) in [6, 6.07) is -0.0147. The summed E-state index contributed by atoms with van der Waals surface area (Å²) < 4.78 is 26.9. The molecule has 2 heterocycles. The molecule has 7 heteroatoms. The van der Waals surface area contributed by atoms with Crippen molar-refractivity contribution in [3.05, 3.63) is 24.3 Å². The Morgan fingerprint density at radius 3 is 2.94 bits per heavy atom. The van der Waals surface area contributed by atoms with Gasteiger partial charge in [-0.2, -0.15) is 0 Å². The van der Waals surface area contributed by atoms with Crippen LogP contribution in [-0.2, 0) is 10.0 Å². The van der Waals surface area contributed by atoms with Crippen molar-refractivity contribution in [2.24, 2.45) is 0 Å². The maximum Gasteiger partial charge on any atom is 0.220 e. The topological polar surface area (TPSA) is 84.0 Å². The predicted octanol–water partition coefficient (Wildman–Crippen LogP) is -0.181. The molecule has 0 amide bonds. The largest absolute Gasteiger partial charge is 0.315 e. The summed E-state index contributed by atoms with van der Waals surface area (Å²) in [4.78, 5) is 7.91. The first-order valence-corrected chi connectivity index (χ1v) is 7.12. The summed E-state index contributed by atoms with van der Waals surface area (Å²) in [5.41, 5.74) is 0.464. The van der Waals surface area contributed by atoms with Gasteiger partial charge < -0.3 is 5.32 Å². The van der Waals surface area contributed by atoms with Gasteiger partial charge >= 0.3 is 0 Å². The fourth-order valence-electron chi connectivity index (χ4n) is 1.77. The van der Waals surface area contributed by atoms with E-state index in [2.05, 4.69) is 20.0 Å². The lowest BCUT2D eigenvalue weighted by atomic mass is 10.3. The molecule has 2 atom stereocenters. The van der Waals surface area contributed by atoms with Crippen LogP contribution in [0.3, 0.4) is 0 Å². The molecule has 1 saturated heterocycles. The Bertz CT molecular complexity index is 456. The summed E-state index contributed by atoms with van der Waals surface area (Å²) in [6.07, 6.45) is 5.33. The van der Waals surface area contributed by atoms with Gasteiger partial charge in [-0.25, -0.2) is 13.1 Å². The van der Waals surface area contributed by atoms with Gasteiger partial charge in [0.25, 0.3) is 0 Å². The first kappa shape index (κ1) is 12.4. The fourth-order valence-corrected chi connectivity index (χ4v) is 3.08. The third-order valence-electron chi connectivity index (χ3n) is 2.86. The molecule has 1 aliphatic heterocycles. The van der Waals surface area contributed by atoms with Crippen molar-refractivity contribution in [2.75, 3.05) is 13.1 Å². The Balaban J connectivity index is 2.09. The van der Waals surface area contributed by atoms with E-state index in [4.69, 9.17) is 0 Å². The predicted molar refractivity (Wildman–Crippen MR) is 63.8 cm³/mol. The summed E-state index contributed by atoms with van der Waals surface area (Å²) in [5.74, 6) is 0. The van der Waals surface area contributed by atoms with Crippen LogP contribution in [0.15, 0.2) is 18.6 Å². The zero-order valence-corrected chi connectivity index (χ0v) is 10.4. The monoisotopic (exact) mass is 256 g/mol. The van der Waals surface area contributed by atoms with Gasteiger partial charge in [0.15, 0.2) is 0 Å². The Kier molecular flexibility index (Phi) is 3.70. The summed E-state index contributed by atoms with van der Waals surface area (Å²) in [7, 11) is -3.39. The van der Waals surface area contributed by atoms with Gasteiger partial charge in [0, 0.05) is 31.2 Å². The molecule has 0 radical (unpaired) electrons. The lowest BCUT2D eigenvalue weighted by Gasteiger charge is -2.16. The highest BCUT2D eigenvalue weighted by Crippen LogP contribution is 2.18. The Morgan fingerprint density at radius 2 is 2.35 bits per heavy atom. The molecule has 0 saturated carbocycles. The molecular formula is C10H16N4O2S. The first-order chi connectivity index (χ1) is 8.09. The average molecular weight is 256 g/mol. The quantitative estimate of drug-likeness (QED) is 0.780. The highest BCUT2D eigenvalue weighted by Gasteiger charge is 2.28. The highest BCUT2D eigenvalue weighted by atomic mass is 32.2. The van der Waals surface area contributed by atoms with Crippen LogP contribution in [0.25, 0.3) is 0 Å². The van der Waals surface area contributed by atoms with E-state index in [1.165, 1.54) is 18.6 Å². The number of rotatable bonds is 4. The van der Waals surface area contributed by atoms with Crippen LogP contribution in [0.4, 0.5) is 0 Å². The van der Waals surface area contributed by atoms with E-state index in [1.807, 2.05) is 0 Å². The molecule has 1 aromatic heterocycles. The van der Waals surface area contributed by atoms with Crippen molar-refractivity contribution >= 4 is 10.0 Å². The summed E-state index contributed by atoms with van der Waals surface area (Å²) >= 11 is 0. The number of hydrogen-bond donors (Lipinski definition) is 2. The van der Waals surface area contributed by atoms with Crippen LogP contribution in [-0.4, -0.2) is 37.5 Å². The van der Waals surface area contributed by atoms with Crippen LogP contribution in [0.5, 0.6) is 0 Å². The van der Waals surface area contributed by atoms with E-state index in [1.54, 1.807) is 6.92 Å². The van der Waals surface area contributed by atoms with Crippen LogP contribution in [0.1, 0.15) is 24.3 Å². The number of nitrogens with one attached hydrogen (secondary N) is 2. The molecule has 1 unspecified atom stereocenters. The van der Waals surface area contributed by atoms with E-state index in [0.29, 0.717) is 12.2 Å². The molecular weight excluding hydrogens is 240 g/mol. The van der Waals surface area contributed by atoms with E-state index in [0.717, 1.165) is 13.0 Å². The molecule has 2 rings (SSSR count). The van der Waals surface area contributed by atoms with Gasteiger partial charge in [-0.05, 0) is 19.9 Å². The Hall–Kier alpha value is -1.05. The van der Waals surface area contributed by atoms with Crippen molar-refractivity contribution in [3.8, 4) is 0 Å². The number of aromatic nitrogens is 2. The normalized spacial score (nSPS) is 22.5. The van der Waals surface area contributed by atoms with E-state index >= 15 is 0 Å². The molecule has 2 N–H and O–H groups in total. The molecule has 0 spiro atoms.